The van der Waals surface area contributed by atoms with E-state index in [1.807, 2.05) is 36.7 Å². The van der Waals surface area contributed by atoms with Gasteiger partial charge in [0.05, 0.1) is 10.2 Å². The number of halogens is 1. The second-order valence-corrected chi connectivity index (χ2v) is 4.47. The second-order valence-electron chi connectivity index (χ2n) is 3.03. The zero-order valence-corrected chi connectivity index (χ0v) is 10.0. The molecule has 15 heavy (non-hydrogen) atoms. The zero-order valence-electron chi connectivity index (χ0n) is 8.44. The molecule has 0 spiro atoms. The molecule has 2 rings (SSSR count). The van der Waals surface area contributed by atoms with Crippen LogP contribution < -0.4 is 4.80 Å². The van der Waals surface area contributed by atoms with Crippen molar-refractivity contribution in [3.8, 4) is 0 Å². The first-order chi connectivity index (χ1) is 7.22. The quantitative estimate of drug-likeness (QED) is 0.541. The average molecular weight is 240 g/mol. The van der Waals surface area contributed by atoms with Crippen LogP contribution in [-0.4, -0.2) is 10.8 Å². The first-order valence-corrected chi connectivity index (χ1v) is 5.68. The van der Waals surface area contributed by atoms with E-state index >= 15 is 0 Å². The van der Waals surface area contributed by atoms with Crippen molar-refractivity contribution < 1.29 is 0 Å². The van der Waals surface area contributed by atoms with Gasteiger partial charge in [-0.3, -0.25) is 0 Å². The maximum absolute atomic E-state index is 5.94. The number of aromatic nitrogens is 1. The van der Waals surface area contributed by atoms with Gasteiger partial charge < -0.3 is 4.57 Å². The fraction of sp³-hybridized carbons (Fsp3) is 0.200. The first-order valence-electron chi connectivity index (χ1n) is 4.49. The molecule has 0 aliphatic heterocycles. The van der Waals surface area contributed by atoms with Crippen LogP contribution in [0.2, 0.25) is 5.02 Å². The summed E-state index contributed by atoms with van der Waals surface area (Å²) in [7, 11) is 1.96. The van der Waals surface area contributed by atoms with E-state index in [1.54, 1.807) is 17.6 Å². The summed E-state index contributed by atoms with van der Waals surface area (Å²) in [6.07, 6.45) is 1.66. The maximum Gasteiger partial charge on any atom is 0.211 e. The third kappa shape index (κ3) is 1.96. The molecular formula is C10H10ClN3S. The largest absolute Gasteiger partial charge is 0.318 e. The molecule has 0 bridgehead atoms. The van der Waals surface area contributed by atoms with Gasteiger partial charge in [0.1, 0.15) is 0 Å². The van der Waals surface area contributed by atoms with E-state index in [2.05, 4.69) is 10.2 Å². The van der Waals surface area contributed by atoms with E-state index in [1.165, 1.54) is 0 Å². The minimum absolute atomic E-state index is 0.737. The van der Waals surface area contributed by atoms with E-state index in [4.69, 9.17) is 11.6 Å². The summed E-state index contributed by atoms with van der Waals surface area (Å²) in [5.41, 5.74) is 1.08. The fourth-order valence-corrected chi connectivity index (χ4v) is 2.43. The Hall–Kier alpha value is -1.13. The summed E-state index contributed by atoms with van der Waals surface area (Å²) in [6, 6.07) is 5.81. The summed E-state index contributed by atoms with van der Waals surface area (Å²) in [5, 5.41) is 8.71. The van der Waals surface area contributed by atoms with Crippen LogP contribution in [0.5, 0.6) is 0 Å². The fourth-order valence-electron chi connectivity index (χ4n) is 1.30. The first kappa shape index (κ1) is 10.4. The molecule has 3 nitrogen and oxygen atoms in total. The lowest BCUT2D eigenvalue weighted by Crippen LogP contribution is -2.08. The van der Waals surface area contributed by atoms with E-state index < -0.39 is 0 Å². The molecule has 0 saturated carbocycles. The summed E-state index contributed by atoms with van der Waals surface area (Å²) in [4.78, 5) is 0.866. The van der Waals surface area contributed by atoms with E-state index in [0.717, 1.165) is 20.0 Å². The highest BCUT2D eigenvalue weighted by Gasteiger charge is 2.02. The normalized spacial score (nSPS) is 13.1. The van der Waals surface area contributed by atoms with Crippen molar-refractivity contribution >= 4 is 39.4 Å². The highest BCUT2D eigenvalue weighted by molar-refractivity contribution is 7.16. The van der Waals surface area contributed by atoms with Gasteiger partial charge in [-0.05, 0) is 25.1 Å². The maximum atomic E-state index is 5.94. The Labute approximate surface area is 96.3 Å². The molecule has 0 amide bonds. The molecule has 0 fully saturated rings. The molecule has 78 valence electrons. The number of benzene rings is 1. The van der Waals surface area contributed by atoms with Gasteiger partial charge in [-0.25, -0.2) is 0 Å². The Balaban J connectivity index is 2.75. The van der Waals surface area contributed by atoms with Crippen LogP contribution in [0, 0.1) is 0 Å². The SMILES string of the molecule is C/C=N/N=c1\sc2ccc(Cl)cc2n1C. The number of nitrogens with zero attached hydrogens (tertiary/aromatic N) is 3. The molecule has 1 heterocycles. The predicted octanol–water partition coefficient (Wildman–Crippen LogP) is 2.80. The molecular weight excluding hydrogens is 230 g/mol. The molecule has 0 saturated heterocycles. The Kier molecular flexibility index (Phi) is 2.88. The molecule has 0 atom stereocenters. The van der Waals surface area contributed by atoms with E-state index in [-0.39, 0.29) is 0 Å². The summed E-state index contributed by atoms with van der Waals surface area (Å²) >= 11 is 7.53. The number of aryl methyl sites for hydroxylation is 1. The molecule has 0 unspecified atom stereocenters. The van der Waals surface area contributed by atoms with Gasteiger partial charge in [0.2, 0.25) is 4.80 Å². The molecule has 1 aromatic carbocycles. The second kappa shape index (κ2) is 4.16. The van der Waals surface area contributed by atoms with Crippen molar-refractivity contribution in [2.45, 2.75) is 6.92 Å². The average Bonchev–Trinajstić information content (AvgIpc) is 2.53. The van der Waals surface area contributed by atoms with Gasteiger partial charge in [-0.1, -0.05) is 22.9 Å². The van der Waals surface area contributed by atoms with E-state index in [9.17, 15) is 0 Å². The monoisotopic (exact) mass is 239 g/mol. The summed E-state index contributed by atoms with van der Waals surface area (Å²) in [6.45, 7) is 1.84. The topological polar surface area (TPSA) is 29.6 Å². The molecule has 0 N–H and O–H groups in total. The zero-order chi connectivity index (χ0) is 10.8. The molecule has 1 aromatic heterocycles. The lowest BCUT2D eigenvalue weighted by molar-refractivity contribution is 0.889. The molecule has 0 radical (unpaired) electrons. The third-order valence-electron chi connectivity index (χ3n) is 2.03. The lowest BCUT2D eigenvalue weighted by atomic mass is 10.3. The minimum Gasteiger partial charge on any atom is -0.318 e. The van der Waals surface area contributed by atoms with Gasteiger partial charge in [-0.15, -0.1) is 5.10 Å². The number of hydrogen-bond donors (Lipinski definition) is 0. The van der Waals surface area contributed by atoms with Gasteiger partial charge >= 0.3 is 0 Å². The van der Waals surface area contributed by atoms with Crippen LogP contribution in [0.25, 0.3) is 10.2 Å². The molecule has 0 aliphatic rings. The highest BCUT2D eigenvalue weighted by atomic mass is 35.5. The van der Waals surface area contributed by atoms with Crippen LogP contribution in [0.3, 0.4) is 0 Å². The van der Waals surface area contributed by atoms with Crippen LogP contribution in [0.1, 0.15) is 6.92 Å². The van der Waals surface area contributed by atoms with Crippen molar-refractivity contribution in [3.63, 3.8) is 0 Å². The smallest absolute Gasteiger partial charge is 0.211 e. The number of rotatable bonds is 1. The molecule has 0 aliphatic carbocycles. The van der Waals surface area contributed by atoms with Gasteiger partial charge in [0.15, 0.2) is 0 Å². The van der Waals surface area contributed by atoms with Gasteiger partial charge in [0.25, 0.3) is 0 Å². The van der Waals surface area contributed by atoms with Gasteiger partial charge in [-0.2, -0.15) is 5.10 Å². The number of hydrogen-bond acceptors (Lipinski definition) is 3. The molecule has 5 heteroatoms. The van der Waals surface area contributed by atoms with Crippen LogP contribution in [0.15, 0.2) is 28.4 Å². The lowest BCUT2D eigenvalue weighted by Gasteiger charge is -1.94. The van der Waals surface area contributed by atoms with Crippen molar-refractivity contribution in [2.24, 2.45) is 17.3 Å². The number of thiazole rings is 1. The number of fused-ring (bicyclic) bond motifs is 1. The van der Waals surface area contributed by atoms with Crippen molar-refractivity contribution in [1.82, 2.24) is 4.57 Å². The Morgan fingerprint density at radius 1 is 1.47 bits per heavy atom. The third-order valence-corrected chi connectivity index (χ3v) is 3.37. The van der Waals surface area contributed by atoms with Crippen molar-refractivity contribution in [3.05, 3.63) is 28.0 Å². The van der Waals surface area contributed by atoms with Crippen molar-refractivity contribution in [2.75, 3.05) is 0 Å². The van der Waals surface area contributed by atoms with Crippen LogP contribution in [0.4, 0.5) is 0 Å². The summed E-state index contributed by atoms with van der Waals surface area (Å²) < 4.78 is 3.14. The van der Waals surface area contributed by atoms with Gasteiger partial charge in [0, 0.05) is 18.3 Å². The van der Waals surface area contributed by atoms with Crippen LogP contribution in [-0.2, 0) is 7.05 Å². The predicted molar refractivity (Wildman–Crippen MR) is 65.5 cm³/mol. The standard InChI is InChI=1S/C10H10ClN3S/c1-3-12-13-10-14(2)8-6-7(11)4-5-9(8)15-10/h3-6H,1-2H3/b12-3+,13-10-. The summed E-state index contributed by atoms with van der Waals surface area (Å²) in [5.74, 6) is 0. The Morgan fingerprint density at radius 2 is 2.27 bits per heavy atom. The molecule has 2 aromatic rings. The van der Waals surface area contributed by atoms with Crippen molar-refractivity contribution in [1.29, 1.82) is 0 Å². The highest BCUT2D eigenvalue weighted by Crippen LogP contribution is 2.20. The minimum atomic E-state index is 0.737. The van der Waals surface area contributed by atoms with E-state index in [0.29, 0.717) is 0 Å². The Morgan fingerprint density at radius 3 is 3.00 bits per heavy atom. The Bertz CT molecular complexity index is 580. The van der Waals surface area contributed by atoms with Crippen LogP contribution >= 0.6 is 22.9 Å².